The summed E-state index contributed by atoms with van der Waals surface area (Å²) in [5, 5.41) is 14.1. The normalized spacial score (nSPS) is 10.9. The van der Waals surface area contributed by atoms with Gasteiger partial charge in [-0.05, 0) is 67.1 Å². The van der Waals surface area contributed by atoms with Gasteiger partial charge >= 0.3 is 0 Å². The van der Waals surface area contributed by atoms with Crippen LogP contribution < -0.4 is 19.1 Å². The molecule has 0 heterocycles. The molecule has 10 nitrogen and oxygen atoms in total. The van der Waals surface area contributed by atoms with E-state index in [9.17, 15) is 23.3 Å². The Kier molecular flexibility index (Phi) is 8.65. The summed E-state index contributed by atoms with van der Waals surface area (Å²) in [6, 6.07) is 26.1. The van der Waals surface area contributed by atoms with Crippen molar-refractivity contribution in [2.24, 2.45) is 0 Å². The summed E-state index contributed by atoms with van der Waals surface area (Å²) in [4.78, 5) is 23.5. The molecule has 0 unspecified atom stereocenters. The molecule has 0 bridgehead atoms. The van der Waals surface area contributed by atoms with Gasteiger partial charge in [-0.25, -0.2) is 8.42 Å². The van der Waals surface area contributed by atoms with Crippen LogP contribution in [0.15, 0.2) is 102 Å². The van der Waals surface area contributed by atoms with Crippen LogP contribution in [-0.2, 0) is 21.4 Å². The van der Waals surface area contributed by atoms with Crippen LogP contribution in [0.25, 0.3) is 0 Å². The van der Waals surface area contributed by atoms with Crippen LogP contribution in [0.3, 0.4) is 0 Å². The van der Waals surface area contributed by atoms with Crippen LogP contribution in [0.1, 0.15) is 11.1 Å². The average Bonchev–Trinajstić information content (AvgIpc) is 2.96. The lowest BCUT2D eigenvalue weighted by atomic mass is 10.2. The quantitative estimate of drug-likeness (QED) is 0.194. The number of nitro groups is 1. The van der Waals surface area contributed by atoms with Crippen LogP contribution in [0.4, 0.5) is 17.1 Å². The number of carbonyl (C=O) groups excluding carboxylic acids is 1. The summed E-state index contributed by atoms with van der Waals surface area (Å²) < 4.78 is 39.2. The van der Waals surface area contributed by atoms with Gasteiger partial charge < -0.3 is 14.8 Å². The molecule has 0 aliphatic heterocycles. The van der Waals surface area contributed by atoms with Crippen molar-refractivity contribution in [2.45, 2.75) is 18.4 Å². The molecule has 0 radical (unpaired) electrons. The monoisotopic (exact) mass is 561 g/mol. The molecule has 4 aromatic carbocycles. The van der Waals surface area contributed by atoms with Crippen molar-refractivity contribution in [3.8, 4) is 11.5 Å². The second-order valence-electron chi connectivity index (χ2n) is 8.76. The van der Waals surface area contributed by atoms with Crippen LogP contribution >= 0.6 is 0 Å². The fourth-order valence-electron chi connectivity index (χ4n) is 3.84. The highest BCUT2D eigenvalue weighted by Gasteiger charge is 2.29. The molecule has 1 amide bonds. The number of methoxy groups -OCH3 is 1. The third-order valence-corrected chi connectivity index (χ3v) is 7.77. The van der Waals surface area contributed by atoms with E-state index in [1.165, 1.54) is 38.3 Å². The van der Waals surface area contributed by atoms with Crippen LogP contribution in [0.2, 0.25) is 0 Å². The summed E-state index contributed by atoms with van der Waals surface area (Å²) in [7, 11) is -2.89. The molecule has 0 spiro atoms. The fraction of sp³-hybridized carbons (Fsp3) is 0.138. The van der Waals surface area contributed by atoms with Crippen LogP contribution in [-0.4, -0.2) is 32.9 Å². The largest absolute Gasteiger partial charge is 0.497 e. The summed E-state index contributed by atoms with van der Waals surface area (Å²) in [5.41, 5.74) is 1.61. The van der Waals surface area contributed by atoms with E-state index >= 15 is 0 Å². The van der Waals surface area contributed by atoms with Gasteiger partial charge in [-0.1, -0.05) is 36.4 Å². The highest BCUT2D eigenvalue weighted by atomic mass is 32.2. The first kappa shape index (κ1) is 28.1. The van der Waals surface area contributed by atoms with Crippen molar-refractivity contribution in [3.05, 3.63) is 118 Å². The van der Waals surface area contributed by atoms with Crippen LogP contribution in [0.5, 0.6) is 11.5 Å². The number of nitrogens with zero attached hydrogens (tertiary/aromatic N) is 2. The average molecular weight is 562 g/mol. The highest BCUT2D eigenvalue weighted by Crippen LogP contribution is 2.29. The van der Waals surface area contributed by atoms with E-state index in [1.807, 2.05) is 30.3 Å². The third kappa shape index (κ3) is 6.75. The van der Waals surface area contributed by atoms with E-state index in [2.05, 4.69) is 5.32 Å². The summed E-state index contributed by atoms with van der Waals surface area (Å²) in [6.07, 6.45) is 0. The number of hydrogen-bond acceptors (Lipinski definition) is 7. The van der Waals surface area contributed by atoms with Gasteiger partial charge in [-0.15, -0.1) is 0 Å². The van der Waals surface area contributed by atoms with Gasteiger partial charge in [0.15, 0.2) is 0 Å². The Bertz CT molecular complexity index is 1590. The topological polar surface area (TPSA) is 128 Å². The van der Waals surface area contributed by atoms with Gasteiger partial charge in [0.1, 0.15) is 24.7 Å². The van der Waals surface area contributed by atoms with E-state index in [-0.39, 0.29) is 16.3 Å². The SMILES string of the molecule is COc1ccc(N(CC(=O)Nc2ccc(OCc3ccccc3)cc2)S(=O)(=O)c2ccc(C)c([N+](=O)[O-])c2)cc1. The Morgan fingerprint density at radius 2 is 1.57 bits per heavy atom. The number of rotatable bonds is 11. The molecule has 0 saturated heterocycles. The molecule has 0 aliphatic rings. The minimum Gasteiger partial charge on any atom is -0.497 e. The summed E-state index contributed by atoms with van der Waals surface area (Å²) in [6.45, 7) is 1.32. The zero-order chi connectivity index (χ0) is 28.7. The lowest BCUT2D eigenvalue weighted by molar-refractivity contribution is -0.385. The van der Waals surface area contributed by atoms with Gasteiger partial charge in [0.2, 0.25) is 5.91 Å². The number of anilines is 2. The Morgan fingerprint density at radius 1 is 0.925 bits per heavy atom. The van der Waals surface area contributed by atoms with Crippen molar-refractivity contribution in [1.29, 1.82) is 0 Å². The summed E-state index contributed by atoms with van der Waals surface area (Å²) in [5.74, 6) is 0.482. The second kappa shape index (κ2) is 12.3. The number of hydrogen-bond donors (Lipinski definition) is 1. The molecule has 0 atom stereocenters. The van der Waals surface area contributed by atoms with Crippen molar-refractivity contribution in [2.75, 3.05) is 23.3 Å². The minimum atomic E-state index is -4.37. The Morgan fingerprint density at radius 3 is 2.20 bits per heavy atom. The second-order valence-corrected chi connectivity index (χ2v) is 10.6. The molecule has 4 aromatic rings. The Labute approximate surface area is 232 Å². The van der Waals surface area contributed by atoms with Gasteiger partial charge in [0.05, 0.1) is 22.6 Å². The molecule has 1 N–H and O–H groups in total. The molecule has 4 rings (SSSR count). The van der Waals surface area contributed by atoms with Crippen molar-refractivity contribution >= 4 is 33.0 Å². The molecule has 0 saturated carbocycles. The fourth-order valence-corrected chi connectivity index (χ4v) is 5.28. The third-order valence-electron chi connectivity index (χ3n) is 6.00. The number of benzene rings is 4. The van der Waals surface area contributed by atoms with E-state index in [0.717, 1.165) is 15.9 Å². The van der Waals surface area contributed by atoms with Crippen molar-refractivity contribution < 1.29 is 27.6 Å². The Hall–Kier alpha value is -4.90. The number of nitro benzene ring substituents is 1. The van der Waals surface area contributed by atoms with Crippen molar-refractivity contribution in [3.63, 3.8) is 0 Å². The first-order valence-corrected chi connectivity index (χ1v) is 13.6. The van der Waals surface area contributed by atoms with E-state index in [4.69, 9.17) is 9.47 Å². The Balaban J connectivity index is 1.54. The number of aryl methyl sites for hydroxylation is 1. The molecule has 40 heavy (non-hydrogen) atoms. The van der Waals surface area contributed by atoms with Gasteiger partial charge in [-0.3, -0.25) is 19.2 Å². The van der Waals surface area contributed by atoms with E-state index in [1.54, 1.807) is 36.4 Å². The number of nitrogens with one attached hydrogen (secondary N) is 1. The standard InChI is InChI=1S/C29H27N3O7S/c1-21-8-17-27(18-28(21)32(34)35)40(36,37)31(24-11-15-25(38-2)16-12-24)19-29(33)30-23-9-13-26(14-10-23)39-20-22-6-4-3-5-7-22/h3-18H,19-20H2,1-2H3,(H,30,33). The lowest BCUT2D eigenvalue weighted by Gasteiger charge is -2.24. The zero-order valence-corrected chi connectivity index (χ0v) is 22.6. The minimum absolute atomic E-state index is 0.184. The zero-order valence-electron chi connectivity index (χ0n) is 21.8. The van der Waals surface area contributed by atoms with Gasteiger partial charge in [0.25, 0.3) is 15.7 Å². The maximum atomic E-state index is 13.7. The predicted molar refractivity (Wildman–Crippen MR) is 151 cm³/mol. The molecule has 206 valence electrons. The van der Waals surface area contributed by atoms with Crippen LogP contribution in [0, 0.1) is 17.0 Å². The maximum Gasteiger partial charge on any atom is 0.273 e. The number of ether oxygens (including phenoxy) is 2. The molecular weight excluding hydrogens is 534 g/mol. The smallest absolute Gasteiger partial charge is 0.273 e. The summed E-state index contributed by atoms with van der Waals surface area (Å²) >= 11 is 0. The maximum absolute atomic E-state index is 13.7. The van der Waals surface area contributed by atoms with E-state index < -0.39 is 27.4 Å². The molecule has 11 heteroatoms. The number of sulfonamides is 1. The molecule has 0 aliphatic carbocycles. The first-order valence-electron chi connectivity index (χ1n) is 12.2. The molecule has 0 fully saturated rings. The number of carbonyl (C=O) groups is 1. The van der Waals surface area contributed by atoms with Crippen molar-refractivity contribution in [1.82, 2.24) is 0 Å². The predicted octanol–water partition coefficient (Wildman–Crippen LogP) is 5.32. The first-order chi connectivity index (χ1) is 19.2. The highest BCUT2D eigenvalue weighted by molar-refractivity contribution is 7.92. The van der Waals surface area contributed by atoms with Gasteiger partial charge in [-0.2, -0.15) is 0 Å². The number of amides is 1. The van der Waals surface area contributed by atoms with Gasteiger partial charge in [0, 0.05) is 17.3 Å². The molecular formula is C29H27N3O7S. The lowest BCUT2D eigenvalue weighted by Crippen LogP contribution is -2.38. The molecule has 0 aromatic heterocycles. The van der Waals surface area contributed by atoms with E-state index in [0.29, 0.717) is 29.4 Å².